The van der Waals surface area contributed by atoms with Gasteiger partial charge in [0.2, 0.25) is 0 Å². The molecule has 0 aliphatic heterocycles. The predicted octanol–water partition coefficient (Wildman–Crippen LogP) is 3.07. The average Bonchev–Trinajstić information content (AvgIpc) is 2.52. The Morgan fingerprint density at radius 2 is 2.23 bits per heavy atom. The highest BCUT2D eigenvalue weighted by Crippen LogP contribution is 2.25. The summed E-state index contributed by atoms with van der Waals surface area (Å²) in [7, 11) is 0. The maximum absolute atomic E-state index is 12.0. The second-order valence-corrected chi connectivity index (χ2v) is 5.94. The van der Waals surface area contributed by atoms with Crippen LogP contribution < -0.4 is 10.3 Å². The van der Waals surface area contributed by atoms with Gasteiger partial charge in [-0.25, -0.2) is 4.98 Å². The van der Waals surface area contributed by atoms with Crippen LogP contribution in [-0.4, -0.2) is 22.8 Å². The molecule has 1 aromatic carbocycles. The number of thioether (sulfide) groups is 1. The van der Waals surface area contributed by atoms with Crippen molar-refractivity contribution in [3.8, 4) is 23.1 Å². The first-order valence-corrected chi connectivity index (χ1v) is 8.09. The molecule has 0 bridgehead atoms. The third kappa shape index (κ3) is 3.68. The summed E-state index contributed by atoms with van der Waals surface area (Å²) in [5, 5.41) is 9.70. The van der Waals surface area contributed by atoms with Crippen molar-refractivity contribution in [3.63, 3.8) is 0 Å². The molecule has 114 valence electrons. The number of rotatable bonds is 5. The van der Waals surface area contributed by atoms with Gasteiger partial charge in [-0.3, -0.25) is 4.79 Å². The zero-order valence-corrected chi connectivity index (χ0v) is 13.5. The fourth-order valence-corrected chi connectivity index (χ4v) is 2.24. The van der Waals surface area contributed by atoms with E-state index in [-0.39, 0.29) is 5.56 Å². The molecule has 1 aromatic heterocycles. The molecule has 0 fully saturated rings. The quantitative estimate of drug-likeness (QED) is 0.677. The molecule has 0 radical (unpaired) electrons. The summed E-state index contributed by atoms with van der Waals surface area (Å²) >= 11 is 1.32. The van der Waals surface area contributed by atoms with Crippen molar-refractivity contribution in [2.45, 2.75) is 19.0 Å². The van der Waals surface area contributed by atoms with Gasteiger partial charge in [0.15, 0.2) is 5.16 Å². The number of hydrogen-bond donors (Lipinski definition) is 1. The van der Waals surface area contributed by atoms with Crippen LogP contribution in [0.15, 0.2) is 34.2 Å². The molecule has 0 aliphatic rings. The van der Waals surface area contributed by atoms with Gasteiger partial charge in [-0.05, 0) is 24.3 Å². The first kappa shape index (κ1) is 16.1. The lowest BCUT2D eigenvalue weighted by Gasteiger charge is -2.10. The van der Waals surface area contributed by atoms with Crippen LogP contribution >= 0.6 is 11.8 Å². The van der Waals surface area contributed by atoms with Crippen molar-refractivity contribution in [3.05, 3.63) is 40.2 Å². The zero-order valence-electron chi connectivity index (χ0n) is 12.7. The molecule has 0 saturated carbocycles. The number of nitrogens with zero attached hydrogens (tertiary/aromatic N) is 2. The summed E-state index contributed by atoms with van der Waals surface area (Å²) in [6.45, 7) is 4.74. The Kier molecular flexibility index (Phi) is 5.23. The topological polar surface area (TPSA) is 78.8 Å². The van der Waals surface area contributed by atoms with Crippen molar-refractivity contribution >= 4 is 11.8 Å². The Morgan fingerprint density at radius 3 is 2.86 bits per heavy atom. The summed E-state index contributed by atoms with van der Waals surface area (Å²) in [5.41, 5.74) is 0.661. The van der Waals surface area contributed by atoms with Crippen LogP contribution in [0.25, 0.3) is 11.3 Å². The minimum atomic E-state index is -0.426. The average molecular weight is 315 g/mol. The minimum Gasteiger partial charge on any atom is -0.493 e. The van der Waals surface area contributed by atoms with E-state index in [9.17, 15) is 10.1 Å². The lowest BCUT2D eigenvalue weighted by Crippen LogP contribution is -2.14. The third-order valence-corrected chi connectivity index (χ3v) is 3.47. The van der Waals surface area contributed by atoms with Crippen molar-refractivity contribution in [1.82, 2.24) is 9.97 Å². The van der Waals surface area contributed by atoms with Gasteiger partial charge in [0.1, 0.15) is 17.4 Å². The standard InChI is InChI=1S/C16H17N3O2S/c1-10(2)9-21-12-6-4-5-11(7-12)14-13(8-17)15(20)19-16(18-14)22-3/h4-7,10H,9H2,1-3H3,(H,18,19,20). The van der Waals surface area contributed by atoms with E-state index >= 15 is 0 Å². The van der Waals surface area contributed by atoms with Crippen LogP contribution in [0.3, 0.4) is 0 Å². The molecule has 0 unspecified atom stereocenters. The van der Waals surface area contributed by atoms with Crippen molar-refractivity contribution in [1.29, 1.82) is 5.26 Å². The SMILES string of the molecule is CSc1nc(-c2cccc(OCC(C)C)c2)c(C#N)c(=O)[nH]1. The number of ether oxygens (including phenoxy) is 1. The van der Waals surface area contributed by atoms with Gasteiger partial charge in [0.25, 0.3) is 5.56 Å². The Labute approximate surface area is 133 Å². The molecule has 2 rings (SSSR count). The summed E-state index contributed by atoms with van der Waals surface area (Å²) < 4.78 is 5.69. The normalized spacial score (nSPS) is 10.5. The van der Waals surface area contributed by atoms with Crippen LogP contribution in [0, 0.1) is 17.2 Å². The third-order valence-electron chi connectivity index (χ3n) is 2.89. The zero-order chi connectivity index (χ0) is 16.1. The van der Waals surface area contributed by atoms with E-state index in [1.807, 2.05) is 30.5 Å². The fourth-order valence-electron chi connectivity index (χ4n) is 1.86. The Morgan fingerprint density at radius 1 is 1.45 bits per heavy atom. The van der Waals surface area contributed by atoms with E-state index < -0.39 is 5.56 Å². The number of hydrogen-bond acceptors (Lipinski definition) is 5. The summed E-state index contributed by atoms with van der Waals surface area (Å²) in [6.07, 6.45) is 1.82. The second kappa shape index (κ2) is 7.14. The van der Waals surface area contributed by atoms with Gasteiger partial charge < -0.3 is 9.72 Å². The molecule has 0 saturated heterocycles. The molecule has 0 atom stereocenters. The molecular formula is C16H17N3O2S. The molecule has 2 aromatic rings. The van der Waals surface area contributed by atoms with Crippen LogP contribution in [0.1, 0.15) is 19.4 Å². The van der Waals surface area contributed by atoms with Crippen LogP contribution in [0.4, 0.5) is 0 Å². The van der Waals surface area contributed by atoms with Gasteiger partial charge in [-0.15, -0.1) is 0 Å². The lowest BCUT2D eigenvalue weighted by atomic mass is 10.1. The van der Waals surface area contributed by atoms with E-state index in [1.165, 1.54) is 11.8 Å². The van der Waals surface area contributed by atoms with Crippen LogP contribution in [-0.2, 0) is 0 Å². The first-order chi connectivity index (χ1) is 10.5. The van der Waals surface area contributed by atoms with Crippen LogP contribution in [0.2, 0.25) is 0 Å². The predicted molar refractivity (Wildman–Crippen MR) is 87.1 cm³/mol. The summed E-state index contributed by atoms with van der Waals surface area (Å²) in [4.78, 5) is 18.9. The molecular weight excluding hydrogens is 298 g/mol. The Bertz CT molecular complexity index is 763. The number of aromatic amines is 1. The molecule has 1 heterocycles. The summed E-state index contributed by atoms with van der Waals surface area (Å²) in [5.74, 6) is 1.11. The van der Waals surface area contributed by atoms with Gasteiger partial charge in [0, 0.05) is 5.56 Å². The molecule has 5 nitrogen and oxygen atoms in total. The van der Waals surface area contributed by atoms with Crippen LogP contribution in [0.5, 0.6) is 5.75 Å². The molecule has 0 amide bonds. The van der Waals surface area contributed by atoms with Gasteiger partial charge in [-0.2, -0.15) is 5.26 Å². The van der Waals surface area contributed by atoms with E-state index in [4.69, 9.17) is 4.74 Å². The second-order valence-electron chi connectivity index (χ2n) is 5.14. The number of aromatic nitrogens is 2. The van der Waals surface area contributed by atoms with Crippen molar-refractivity contribution < 1.29 is 4.74 Å². The number of benzene rings is 1. The summed E-state index contributed by atoms with van der Waals surface area (Å²) in [6, 6.07) is 9.22. The highest BCUT2D eigenvalue weighted by molar-refractivity contribution is 7.98. The number of nitrogens with one attached hydrogen (secondary N) is 1. The monoisotopic (exact) mass is 315 g/mol. The molecule has 0 aliphatic carbocycles. The smallest absolute Gasteiger partial charge is 0.270 e. The molecule has 22 heavy (non-hydrogen) atoms. The highest BCUT2D eigenvalue weighted by Gasteiger charge is 2.13. The first-order valence-electron chi connectivity index (χ1n) is 6.86. The van der Waals surface area contributed by atoms with E-state index in [1.54, 1.807) is 6.07 Å². The largest absolute Gasteiger partial charge is 0.493 e. The van der Waals surface area contributed by atoms with E-state index in [0.29, 0.717) is 34.7 Å². The highest BCUT2D eigenvalue weighted by atomic mass is 32.2. The van der Waals surface area contributed by atoms with Gasteiger partial charge in [-0.1, -0.05) is 37.7 Å². The lowest BCUT2D eigenvalue weighted by molar-refractivity contribution is 0.271. The molecule has 0 spiro atoms. The molecule has 6 heteroatoms. The van der Waals surface area contributed by atoms with Crippen molar-refractivity contribution in [2.24, 2.45) is 5.92 Å². The maximum atomic E-state index is 12.0. The fraction of sp³-hybridized carbons (Fsp3) is 0.312. The van der Waals surface area contributed by atoms with E-state index in [0.717, 1.165) is 0 Å². The Hall–Kier alpha value is -2.26. The number of nitriles is 1. The number of H-pyrrole nitrogens is 1. The minimum absolute atomic E-state index is 0.0128. The Balaban J connectivity index is 2.48. The van der Waals surface area contributed by atoms with Gasteiger partial charge in [0.05, 0.1) is 12.3 Å². The van der Waals surface area contributed by atoms with Crippen molar-refractivity contribution in [2.75, 3.05) is 12.9 Å². The molecule has 1 N–H and O–H groups in total. The van der Waals surface area contributed by atoms with E-state index in [2.05, 4.69) is 23.8 Å². The van der Waals surface area contributed by atoms with Gasteiger partial charge >= 0.3 is 0 Å². The maximum Gasteiger partial charge on any atom is 0.270 e.